The molecule has 0 saturated carbocycles. The molecule has 0 aliphatic rings. The first kappa shape index (κ1) is 14.9. The molecule has 0 fully saturated rings. The number of hydrogen-bond acceptors (Lipinski definition) is 3. The summed E-state index contributed by atoms with van der Waals surface area (Å²) < 4.78 is 0. The molecule has 0 saturated heterocycles. The second-order valence-corrected chi connectivity index (χ2v) is 5.14. The number of carboxylic acids is 1. The maximum atomic E-state index is 11.4. The molecule has 1 amide bonds. The van der Waals surface area contributed by atoms with Crippen LogP contribution in [0, 0.1) is 5.41 Å². The average molecular weight is 230 g/mol. The Balaban J connectivity index is 3.75. The third kappa shape index (κ3) is 8.23. The summed E-state index contributed by atoms with van der Waals surface area (Å²) in [6.45, 7) is 6.83. The summed E-state index contributed by atoms with van der Waals surface area (Å²) in [5, 5.41) is 11.1. The van der Waals surface area contributed by atoms with Gasteiger partial charge in [-0.2, -0.15) is 0 Å². The summed E-state index contributed by atoms with van der Waals surface area (Å²) in [4.78, 5) is 21.7. The number of nitrogens with one attached hydrogen (secondary N) is 1. The van der Waals surface area contributed by atoms with E-state index in [1.54, 1.807) is 0 Å². The summed E-state index contributed by atoms with van der Waals surface area (Å²) in [7, 11) is 0. The molecule has 0 aromatic rings. The lowest BCUT2D eigenvalue weighted by Crippen LogP contribution is -2.41. The molecule has 5 heteroatoms. The third-order valence-corrected chi connectivity index (χ3v) is 2.18. The van der Waals surface area contributed by atoms with Crippen LogP contribution < -0.4 is 11.1 Å². The number of aliphatic carboxylic acids is 1. The van der Waals surface area contributed by atoms with E-state index in [9.17, 15) is 9.59 Å². The first-order chi connectivity index (χ1) is 7.22. The molecule has 16 heavy (non-hydrogen) atoms. The number of hydrogen-bond donors (Lipinski definition) is 3. The highest BCUT2D eigenvalue weighted by Crippen LogP contribution is 2.16. The van der Waals surface area contributed by atoms with Gasteiger partial charge in [-0.05, 0) is 18.3 Å². The molecule has 0 aliphatic carbocycles. The van der Waals surface area contributed by atoms with E-state index >= 15 is 0 Å². The molecule has 0 rings (SSSR count). The molecule has 0 aliphatic heterocycles. The van der Waals surface area contributed by atoms with Crippen LogP contribution in [0.1, 0.15) is 40.0 Å². The molecule has 1 atom stereocenters. The molecular weight excluding hydrogens is 208 g/mol. The Labute approximate surface area is 96.4 Å². The minimum Gasteiger partial charge on any atom is -0.481 e. The predicted octanol–water partition coefficient (Wildman–Crippen LogP) is 0.731. The second-order valence-electron chi connectivity index (χ2n) is 5.14. The maximum Gasteiger partial charge on any atom is 0.303 e. The lowest BCUT2D eigenvalue weighted by Gasteiger charge is -2.19. The van der Waals surface area contributed by atoms with E-state index in [-0.39, 0.29) is 24.2 Å². The van der Waals surface area contributed by atoms with Crippen LogP contribution in [-0.4, -0.2) is 29.6 Å². The van der Waals surface area contributed by atoms with Crippen LogP contribution in [0.5, 0.6) is 0 Å². The van der Waals surface area contributed by atoms with Gasteiger partial charge in [0.05, 0.1) is 6.04 Å². The van der Waals surface area contributed by atoms with Crippen molar-refractivity contribution in [2.45, 2.75) is 46.1 Å². The van der Waals surface area contributed by atoms with Crippen molar-refractivity contribution in [2.75, 3.05) is 6.54 Å². The van der Waals surface area contributed by atoms with Crippen molar-refractivity contribution in [2.24, 2.45) is 11.1 Å². The Hall–Kier alpha value is -1.10. The van der Waals surface area contributed by atoms with Crippen LogP contribution in [0.15, 0.2) is 0 Å². The van der Waals surface area contributed by atoms with Gasteiger partial charge in [-0.15, -0.1) is 0 Å². The number of rotatable bonds is 6. The number of carboxylic acid groups (broad SMARTS) is 1. The van der Waals surface area contributed by atoms with E-state index < -0.39 is 12.0 Å². The van der Waals surface area contributed by atoms with Gasteiger partial charge in [0.15, 0.2) is 0 Å². The summed E-state index contributed by atoms with van der Waals surface area (Å²) >= 11 is 0. The van der Waals surface area contributed by atoms with Crippen LogP contribution in [0.3, 0.4) is 0 Å². The maximum absolute atomic E-state index is 11.4. The smallest absolute Gasteiger partial charge is 0.303 e. The van der Waals surface area contributed by atoms with Crippen molar-refractivity contribution in [3.05, 3.63) is 0 Å². The standard InChI is InChI=1S/C11H22N2O3/c1-11(2,3)6-7-13-10(16)8(12)4-5-9(14)15/h8H,4-7,12H2,1-3H3,(H,13,16)(H,14,15). The first-order valence-electron chi connectivity index (χ1n) is 5.47. The van der Waals surface area contributed by atoms with E-state index in [0.29, 0.717) is 6.54 Å². The van der Waals surface area contributed by atoms with Crippen molar-refractivity contribution in [3.63, 3.8) is 0 Å². The second kappa shape index (κ2) is 6.48. The average Bonchev–Trinajstić information content (AvgIpc) is 2.11. The van der Waals surface area contributed by atoms with E-state index in [1.165, 1.54) is 0 Å². The predicted molar refractivity (Wildman–Crippen MR) is 61.9 cm³/mol. The largest absolute Gasteiger partial charge is 0.481 e. The van der Waals surface area contributed by atoms with Crippen molar-refractivity contribution in [1.29, 1.82) is 0 Å². The summed E-state index contributed by atoms with van der Waals surface area (Å²) in [5.74, 6) is -1.21. The molecule has 0 heterocycles. The van der Waals surface area contributed by atoms with Gasteiger partial charge in [-0.1, -0.05) is 20.8 Å². The van der Waals surface area contributed by atoms with Gasteiger partial charge < -0.3 is 16.2 Å². The van der Waals surface area contributed by atoms with Crippen LogP contribution in [0.25, 0.3) is 0 Å². The summed E-state index contributed by atoms with van der Waals surface area (Å²) in [5.41, 5.74) is 5.71. The van der Waals surface area contributed by atoms with E-state index in [2.05, 4.69) is 26.1 Å². The van der Waals surface area contributed by atoms with Crippen LogP contribution >= 0.6 is 0 Å². The first-order valence-corrected chi connectivity index (χ1v) is 5.47. The van der Waals surface area contributed by atoms with Gasteiger partial charge >= 0.3 is 5.97 Å². The number of carbonyl (C=O) groups excluding carboxylic acids is 1. The Morgan fingerprint density at radius 3 is 2.38 bits per heavy atom. The molecule has 0 bridgehead atoms. The quantitative estimate of drug-likeness (QED) is 0.627. The van der Waals surface area contributed by atoms with E-state index in [4.69, 9.17) is 10.8 Å². The van der Waals surface area contributed by atoms with Crippen LogP contribution in [0.4, 0.5) is 0 Å². The van der Waals surface area contributed by atoms with E-state index in [0.717, 1.165) is 6.42 Å². The number of amides is 1. The van der Waals surface area contributed by atoms with Gasteiger partial charge in [0, 0.05) is 13.0 Å². The molecule has 0 aromatic heterocycles. The molecule has 5 nitrogen and oxygen atoms in total. The highest BCUT2D eigenvalue weighted by Gasteiger charge is 2.15. The fourth-order valence-corrected chi connectivity index (χ4v) is 1.10. The Morgan fingerprint density at radius 1 is 1.38 bits per heavy atom. The highest BCUT2D eigenvalue weighted by molar-refractivity contribution is 5.82. The normalized spacial score (nSPS) is 13.2. The van der Waals surface area contributed by atoms with Gasteiger partial charge in [-0.3, -0.25) is 9.59 Å². The van der Waals surface area contributed by atoms with Crippen LogP contribution in [-0.2, 0) is 9.59 Å². The number of carbonyl (C=O) groups is 2. The minimum atomic E-state index is -0.932. The van der Waals surface area contributed by atoms with Gasteiger partial charge in [0.25, 0.3) is 0 Å². The van der Waals surface area contributed by atoms with Crippen molar-refractivity contribution in [1.82, 2.24) is 5.32 Å². The Bertz CT molecular complexity index is 246. The fraction of sp³-hybridized carbons (Fsp3) is 0.818. The highest BCUT2D eigenvalue weighted by atomic mass is 16.4. The molecular formula is C11H22N2O3. The van der Waals surface area contributed by atoms with Gasteiger partial charge in [0.2, 0.25) is 5.91 Å². The SMILES string of the molecule is CC(C)(C)CCNC(=O)C(N)CCC(=O)O. The minimum absolute atomic E-state index is 0.0755. The molecule has 0 aromatic carbocycles. The molecule has 4 N–H and O–H groups in total. The Morgan fingerprint density at radius 2 is 1.94 bits per heavy atom. The zero-order chi connectivity index (χ0) is 12.8. The van der Waals surface area contributed by atoms with Gasteiger partial charge in [-0.25, -0.2) is 0 Å². The van der Waals surface area contributed by atoms with Crippen molar-refractivity contribution in [3.8, 4) is 0 Å². The molecule has 1 unspecified atom stereocenters. The number of nitrogens with two attached hydrogens (primary N) is 1. The fourth-order valence-electron chi connectivity index (χ4n) is 1.10. The monoisotopic (exact) mass is 230 g/mol. The van der Waals surface area contributed by atoms with Crippen molar-refractivity contribution < 1.29 is 14.7 Å². The third-order valence-electron chi connectivity index (χ3n) is 2.18. The van der Waals surface area contributed by atoms with Crippen molar-refractivity contribution >= 4 is 11.9 Å². The van der Waals surface area contributed by atoms with Gasteiger partial charge in [0.1, 0.15) is 0 Å². The van der Waals surface area contributed by atoms with Crippen LogP contribution in [0.2, 0.25) is 0 Å². The molecule has 0 radical (unpaired) electrons. The Kier molecular flexibility index (Phi) is 6.03. The van der Waals surface area contributed by atoms with E-state index in [1.807, 2.05) is 0 Å². The molecule has 0 spiro atoms. The topological polar surface area (TPSA) is 92.4 Å². The zero-order valence-electron chi connectivity index (χ0n) is 10.2. The zero-order valence-corrected chi connectivity index (χ0v) is 10.2. The summed E-state index contributed by atoms with van der Waals surface area (Å²) in [6.07, 6.45) is 0.967. The molecule has 94 valence electrons. The summed E-state index contributed by atoms with van der Waals surface area (Å²) in [6, 6.07) is -0.726. The lowest BCUT2D eigenvalue weighted by molar-refractivity contribution is -0.137. The lowest BCUT2D eigenvalue weighted by atomic mass is 9.92.